The van der Waals surface area contributed by atoms with Gasteiger partial charge < -0.3 is 21.1 Å². The van der Waals surface area contributed by atoms with E-state index < -0.39 is 0 Å². The lowest BCUT2D eigenvalue weighted by atomic mass is 10.2. The van der Waals surface area contributed by atoms with Gasteiger partial charge in [-0.15, -0.1) is 0 Å². The third-order valence-electron chi connectivity index (χ3n) is 2.28. The van der Waals surface area contributed by atoms with Gasteiger partial charge in [-0.1, -0.05) is 0 Å². The van der Waals surface area contributed by atoms with Crippen molar-refractivity contribution in [2.45, 2.75) is 6.92 Å². The fourth-order valence-electron chi connectivity index (χ4n) is 1.39. The van der Waals surface area contributed by atoms with Crippen LogP contribution in [0.25, 0.3) is 0 Å². The summed E-state index contributed by atoms with van der Waals surface area (Å²) in [5, 5.41) is 5.25. The van der Waals surface area contributed by atoms with Gasteiger partial charge in [0.2, 0.25) is 5.91 Å². The molecule has 0 aliphatic rings. The second-order valence-corrected chi connectivity index (χ2v) is 3.70. The van der Waals surface area contributed by atoms with E-state index in [1.807, 2.05) is 0 Å². The van der Waals surface area contributed by atoms with Crippen LogP contribution in [0.1, 0.15) is 17.3 Å². The molecule has 1 aromatic rings. The van der Waals surface area contributed by atoms with Crippen molar-refractivity contribution in [3.63, 3.8) is 0 Å². The number of benzene rings is 1. The number of hydrogen-bond donors (Lipinski definition) is 3. The summed E-state index contributed by atoms with van der Waals surface area (Å²) >= 11 is 0. The van der Waals surface area contributed by atoms with E-state index in [-0.39, 0.29) is 11.8 Å². The van der Waals surface area contributed by atoms with Crippen molar-refractivity contribution >= 4 is 17.5 Å². The van der Waals surface area contributed by atoms with Crippen LogP contribution in [0.2, 0.25) is 0 Å². The third-order valence-corrected chi connectivity index (χ3v) is 2.28. The molecule has 0 spiro atoms. The normalized spacial score (nSPS) is 9.67. The largest absolute Gasteiger partial charge is 0.495 e. The number of nitrogens with two attached hydrogens (primary N) is 1. The summed E-state index contributed by atoms with van der Waals surface area (Å²) in [4.78, 5) is 22.3. The summed E-state index contributed by atoms with van der Waals surface area (Å²) in [6, 6.07) is 4.81. The van der Waals surface area contributed by atoms with Gasteiger partial charge in [-0.05, 0) is 18.2 Å². The summed E-state index contributed by atoms with van der Waals surface area (Å²) < 4.78 is 5.00. The Morgan fingerprint density at radius 1 is 1.28 bits per heavy atom. The summed E-state index contributed by atoms with van der Waals surface area (Å²) in [7, 11) is 1.51. The van der Waals surface area contributed by atoms with E-state index in [0.29, 0.717) is 30.1 Å². The maximum Gasteiger partial charge on any atom is 0.251 e. The summed E-state index contributed by atoms with van der Waals surface area (Å²) in [5.74, 6) is 0.164. The molecule has 98 valence electrons. The van der Waals surface area contributed by atoms with Crippen LogP contribution >= 0.6 is 0 Å². The molecule has 4 N–H and O–H groups in total. The number of carbonyl (C=O) groups is 2. The van der Waals surface area contributed by atoms with E-state index >= 15 is 0 Å². The summed E-state index contributed by atoms with van der Waals surface area (Å²) in [6.07, 6.45) is 0. The number of hydrogen-bond acceptors (Lipinski definition) is 4. The highest BCUT2D eigenvalue weighted by molar-refractivity contribution is 5.95. The minimum Gasteiger partial charge on any atom is -0.495 e. The van der Waals surface area contributed by atoms with Crippen molar-refractivity contribution in [3.8, 4) is 5.75 Å². The molecule has 0 radical (unpaired) electrons. The monoisotopic (exact) mass is 251 g/mol. The Morgan fingerprint density at radius 3 is 2.50 bits per heavy atom. The number of carbonyl (C=O) groups excluding carboxylic acids is 2. The smallest absolute Gasteiger partial charge is 0.251 e. The van der Waals surface area contributed by atoms with Gasteiger partial charge in [0.1, 0.15) is 5.75 Å². The maximum atomic E-state index is 11.7. The van der Waals surface area contributed by atoms with E-state index in [1.54, 1.807) is 18.2 Å². The molecule has 0 atom stereocenters. The summed E-state index contributed by atoms with van der Waals surface area (Å²) in [6.45, 7) is 2.18. The lowest BCUT2D eigenvalue weighted by Gasteiger charge is -2.08. The first kappa shape index (κ1) is 13.8. The Labute approximate surface area is 105 Å². The maximum absolute atomic E-state index is 11.7. The van der Waals surface area contributed by atoms with Crippen molar-refractivity contribution in [1.29, 1.82) is 0 Å². The molecule has 0 saturated heterocycles. The number of rotatable bonds is 5. The van der Waals surface area contributed by atoms with Crippen molar-refractivity contribution in [1.82, 2.24) is 10.6 Å². The molecule has 2 amide bonds. The van der Waals surface area contributed by atoms with Crippen molar-refractivity contribution in [3.05, 3.63) is 23.8 Å². The topological polar surface area (TPSA) is 93.5 Å². The van der Waals surface area contributed by atoms with Gasteiger partial charge in [-0.2, -0.15) is 0 Å². The van der Waals surface area contributed by atoms with Crippen molar-refractivity contribution in [2.24, 2.45) is 0 Å². The highest BCUT2D eigenvalue weighted by Crippen LogP contribution is 2.21. The highest BCUT2D eigenvalue weighted by atomic mass is 16.5. The van der Waals surface area contributed by atoms with Crippen molar-refractivity contribution < 1.29 is 14.3 Å². The zero-order valence-corrected chi connectivity index (χ0v) is 10.4. The molecule has 0 saturated carbocycles. The molecular weight excluding hydrogens is 234 g/mol. The van der Waals surface area contributed by atoms with Gasteiger partial charge in [-0.25, -0.2) is 0 Å². The van der Waals surface area contributed by atoms with Crippen LogP contribution in [0.5, 0.6) is 5.75 Å². The average molecular weight is 251 g/mol. The molecule has 1 aromatic carbocycles. The number of nitrogens with one attached hydrogen (secondary N) is 2. The van der Waals surface area contributed by atoms with E-state index in [4.69, 9.17) is 10.5 Å². The number of anilines is 1. The zero-order valence-electron chi connectivity index (χ0n) is 10.4. The quantitative estimate of drug-likeness (QED) is 0.512. The Morgan fingerprint density at radius 2 is 1.94 bits per heavy atom. The first-order valence-corrected chi connectivity index (χ1v) is 5.50. The molecule has 0 bridgehead atoms. The van der Waals surface area contributed by atoms with Gasteiger partial charge in [0.05, 0.1) is 12.8 Å². The predicted molar refractivity (Wildman–Crippen MR) is 68.4 cm³/mol. The SMILES string of the molecule is COc1ccc(C(=O)NCCNC(C)=O)cc1N. The lowest BCUT2D eigenvalue weighted by Crippen LogP contribution is -2.33. The van der Waals surface area contributed by atoms with Crippen LogP contribution in [0.4, 0.5) is 5.69 Å². The van der Waals surface area contributed by atoms with Crippen LogP contribution in [0, 0.1) is 0 Å². The van der Waals surface area contributed by atoms with Gasteiger partial charge in [0, 0.05) is 25.6 Å². The van der Waals surface area contributed by atoms with E-state index in [9.17, 15) is 9.59 Å². The van der Waals surface area contributed by atoms with E-state index in [0.717, 1.165) is 0 Å². The molecular formula is C12H17N3O3. The fourth-order valence-corrected chi connectivity index (χ4v) is 1.39. The fraction of sp³-hybridized carbons (Fsp3) is 0.333. The number of ether oxygens (including phenoxy) is 1. The molecule has 0 unspecified atom stereocenters. The molecule has 0 fully saturated rings. The number of nitrogen functional groups attached to an aromatic ring is 1. The Kier molecular flexibility index (Phi) is 4.98. The molecule has 0 aromatic heterocycles. The minimum absolute atomic E-state index is 0.127. The highest BCUT2D eigenvalue weighted by Gasteiger charge is 2.07. The van der Waals surface area contributed by atoms with Crippen LogP contribution < -0.4 is 21.1 Å². The lowest BCUT2D eigenvalue weighted by molar-refractivity contribution is -0.118. The van der Waals surface area contributed by atoms with Gasteiger partial charge in [0.25, 0.3) is 5.91 Å². The summed E-state index contributed by atoms with van der Waals surface area (Å²) in [5.41, 5.74) is 6.57. The van der Waals surface area contributed by atoms with Gasteiger partial charge in [0.15, 0.2) is 0 Å². The van der Waals surface area contributed by atoms with E-state index in [1.165, 1.54) is 14.0 Å². The minimum atomic E-state index is -0.241. The van der Waals surface area contributed by atoms with Crippen LogP contribution in [-0.4, -0.2) is 32.0 Å². The van der Waals surface area contributed by atoms with Gasteiger partial charge in [-0.3, -0.25) is 9.59 Å². The second kappa shape index (κ2) is 6.48. The third kappa shape index (κ3) is 3.97. The molecule has 1 rings (SSSR count). The standard InChI is InChI=1S/C12H17N3O3/c1-8(16)14-5-6-15-12(17)9-3-4-11(18-2)10(13)7-9/h3-4,7H,5-6,13H2,1-2H3,(H,14,16)(H,15,17). The van der Waals surface area contributed by atoms with Crippen LogP contribution in [0.15, 0.2) is 18.2 Å². The second-order valence-electron chi connectivity index (χ2n) is 3.70. The first-order valence-electron chi connectivity index (χ1n) is 5.50. The molecule has 18 heavy (non-hydrogen) atoms. The van der Waals surface area contributed by atoms with Crippen LogP contribution in [0.3, 0.4) is 0 Å². The Bertz CT molecular complexity index is 446. The molecule has 0 aliphatic heterocycles. The van der Waals surface area contributed by atoms with E-state index in [2.05, 4.69) is 10.6 Å². The Hall–Kier alpha value is -2.24. The molecule has 6 nitrogen and oxygen atoms in total. The average Bonchev–Trinajstić information content (AvgIpc) is 2.34. The van der Waals surface area contributed by atoms with Gasteiger partial charge >= 0.3 is 0 Å². The van der Waals surface area contributed by atoms with Crippen LogP contribution in [-0.2, 0) is 4.79 Å². The first-order chi connectivity index (χ1) is 8.54. The molecule has 6 heteroatoms. The number of amides is 2. The number of methoxy groups -OCH3 is 1. The molecule has 0 heterocycles. The Balaban J connectivity index is 2.51. The van der Waals surface area contributed by atoms with Crippen molar-refractivity contribution in [2.75, 3.05) is 25.9 Å². The molecule has 0 aliphatic carbocycles. The zero-order chi connectivity index (χ0) is 13.5. The predicted octanol–water partition coefficient (Wildman–Crippen LogP) is 0.143.